The molecule has 0 heterocycles. The maximum Gasteiger partial charge on any atom is 0.170 e. The molecule has 1 aromatic rings. The molecule has 1 aromatic carbocycles. The molecule has 6 heteroatoms. The number of anilines is 1. The normalized spacial score (nSPS) is 15.7. The number of rotatable bonds is 5. The second kappa shape index (κ2) is 8.96. The maximum absolute atomic E-state index is 13.7. The van der Waals surface area contributed by atoms with E-state index in [1.807, 2.05) is 11.8 Å². The summed E-state index contributed by atoms with van der Waals surface area (Å²) in [5.41, 5.74) is 0.399. The van der Waals surface area contributed by atoms with E-state index in [-0.39, 0.29) is 5.82 Å². The zero-order valence-corrected chi connectivity index (χ0v) is 15.1. The Labute approximate surface area is 143 Å². The van der Waals surface area contributed by atoms with Crippen LogP contribution < -0.4 is 10.6 Å². The summed E-state index contributed by atoms with van der Waals surface area (Å²) in [5.74, 6) is 0.722. The first kappa shape index (κ1) is 17.0. The van der Waals surface area contributed by atoms with Crippen molar-refractivity contribution in [3.8, 4) is 0 Å². The fourth-order valence-corrected chi connectivity index (χ4v) is 4.14. The standard InChI is InChI=1S/C15H20BrFN2S2/c16-11-6-7-14(13(17)10-11)19-15(20)18-8-9-21-12-4-2-1-3-5-12/h6-7,10,12H,1-5,8-9H2,(H2,18,19,20). The first-order chi connectivity index (χ1) is 10.1. The second-order valence-corrected chi connectivity index (χ2v) is 7.87. The molecule has 0 saturated heterocycles. The van der Waals surface area contributed by atoms with Crippen LogP contribution in [0.5, 0.6) is 0 Å². The van der Waals surface area contributed by atoms with Gasteiger partial charge in [-0.2, -0.15) is 11.8 Å². The second-order valence-electron chi connectivity index (χ2n) is 5.14. The van der Waals surface area contributed by atoms with E-state index in [1.165, 1.54) is 38.2 Å². The molecule has 116 valence electrons. The molecule has 2 N–H and O–H groups in total. The number of benzene rings is 1. The fraction of sp³-hybridized carbons (Fsp3) is 0.533. The van der Waals surface area contributed by atoms with Crippen molar-refractivity contribution in [2.75, 3.05) is 17.6 Å². The number of hydrogen-bond acceptors (Lipinski definition) is 2. The lowest BCUT2D eigenvalue weighted by Crippen LogP contribution is -2.31. The van der Waals surface area contributed by atoms with E-state index in [0.717, 1.165) is 17.5 Å². The molecule has 1 aliphatic rings. The van der Waals surface area contributed by atoms with E-state index in [1.54, 1.807) is 12.1 Å². The molecule has 0 aromatic heterocycles. The summed E-state index contributed by atoms with van der Waals surface area (Å²) in [6.45, 7) is 0.811. The Morgan fingerprint density at radius 2 is 2.10 bits per heavy atom. The molecule has 0 unspecified atom stereocenters. The summed E-state index contributed by atoms with van der Waals surface area (Å²) in [5, 5.41) is 7.31. The van der Waals surface area contributed by atoms with Gasteiger partial charge in [-0.25, -0.2) is 4.39 Å². The quantitative estimate of drug-likeness (QED) is 0.549. The van der Waals surface area contributed by atoms with E-state index in [0.29, 0.717) is 15.3 Å². The number of halogens is 2. The Morgan fingerprint density at radius 1 is 1.33 bits per heavy atom. The topological polar surface area (TPSA) is 24.1 Å². The molecular formula is C15H20BrFN2S2. The van der Waals surface area contributed by atoms with Crippen LogP contribution in [-0.4, -0.2) is 22.7 Å². The third-order valence-corrected chi connectivity index (χ3v) is 5.59. The first-order valence-electron chi connectivity index (χ1n) is 7.26. The maximum atomic E-state index is 13.7. The van der Waals surface area contributed by atoms with Gasteiger partial charge < -0.3 is 10.6 Å². The van der Waals surface area contributed by atoms with Gasteiger partial charge in [-0.3, -0.25) is 0 Å². The Kier molecular flexibility index (Phi) is 7.26. The van der Waals surface area contributed by atoms with Gasteiger partial charge in [-0.05, 0) is 43.3 Å². The Balaban J connectivity index is 1.65. The summed E-state index contributed by atoms with van der Waals surface area (Å²) in [6.07, 6.45) is 6.82. The smallest absolute Gasteiger partial charge is 0.170 e. The van der Waals surface area contributed by atoms with Gasteiger partial charge >= 0.3 is 0 Å². The Bertz CT molecular complexity index is 479. The van der Waals surface area contributed by atoms with Gasteiger partial charge in [0, 0.05) is 22.0 Å². The zero-order valence-electron chi connectivity index (χ0n) is 11.8. The van der Waals surface area contributed by atoms with Gasteiger partial charge in [0.2, 0.25) is 0 Å². The number of thioether (sulfide) groups is 1. The minimum absolute atomic E-state index is 0.315. The number of nitrogens with one attached hydrogen (secondary N) is 2. The molecule has 0 aliphatic heterocycles. The lowest BCUT2D eigenvalue weighted by atomic mass is 10.0. The lowest BCUT2D eigenvalue weighted by Gasteiger charge is -2.21. The van der Waals surface area contributed by atoms with Crippen LogP contribution in [0.3, 0.4) is 0 Å². The molecule has 1 aliphatic carbocycles. The van der Waals surface area contributed by atoms with E-state index in [2.05, 4.69) is 26.6 Å². The van der Waals surface area contributed by atoms with Crippen molar-refractivity contribution in [3.63, 3.8) is 0 Å². The van der Waals surface area contributed by atoms with Crippen molar-refractivity contribution in [1.82, 2.24) is 5.32 Å². The van der Waals surface area contributed by atoms with Crippen molar-refractivity contribution < 1.29 is 4.39 Å². The van der Waals surface area contributed by atoms with Crippen LogP contribution in [0.15, 0.2) is 22.7 Å². The van der Waals surface area contributed by atoms with E-state index in [9.17, 15) is 4.39 Å². The highest BCUT2D eigenvalue weighted by Gasteiger charge is 2.13. The fourth-order valence-electron chi connectivity index (χ4n) is 2.38. The van der Waals surface area contributed by atoms with Gasteiger partial charge in [-0.15, -0.1) is 0 Å². The minimum atomic E-state index is -0.315. The van der Waals surface area contributed by atoms with Crippen LogP contribution in [0.1, 0.15) is 32.1 Å². The molecular weight excluding hydrogens is 371 g/mol. The third kappa shape index (κ3) is 6.12. The molecule has 2 nitrogen and oxygen atoms in total. The van der Waals surface area contributed by atoms with Crippen LogP contribution in [-0.2, 0) is 0 Å². The van der Waals surface area contributed by atoms with Crippen molar-refractivity contribution in [1.29, 1.82) is 0 Å². The van der Waals surface area contributed by atoms with Gasteiger partial charge in [0.05, 0.1) is 5.69 Å². The predicted octanol–water partition coefficient (Wildman–Crippen LogP) is 4.94. The minimum Gasteiger partial charge on any atom is -0.362 e. The van der Waals surface area contributed by atoms with E-state index >= 15 is 0 Å². The molecule has 0 atom stereocenters. The summed E-state index contributed by atoms with van der Waals surface area (Å²) in [4.78, 5) is 0. The van der Waals surface area contributed by atoms with E-state index in [4.69, 9.17) is 12.2 Å². The average molecular weight is 391 g/mol. The molecule has 1 fully saturated rings. The van der Waals surface area contributed by atoms with Crippen LogP contribution >= 0.6 is 39.9 Å². The molecule has 2 rings (SSSR count). The molecule has 0 radical (unpaired) electrons. The molecule has 0 amide bonds. The average Bonchev–Trinajstić information content (AvgIpc) is 2.48. The highest BCUT2D eigenvalue weighted by atomic mass is 79.9. The molecule has 0 bridgehead atoms. The van der Waals surface area contributed by atoms with Gasteiger partial charge in [0.15, 0.2) is 5.11 Å². The number of hydrogen-bond donors (Lipinski definition) is 2. The van der Waals surface area contributed by atoms with Crippen molar-refractivity contribution >= 4 is 50.7 Å². The Morgan fingerprint density at radius 3 is 2.81 bits per heavy atom. The van der Waals surface area contributed by atoms with Crippen molar-refractivity contribution in [2.24, 2.45) is 0 Å². The lowest BCUT2D eigenvalue weighted by molar-refractivity contribution is 0.516. The monoisotopic (exact) mass is 390 g/mol. The Hall–Kier alpha value is -0.330. The molecule has 21 heavy (non-hydrogen) atoms. The largest absolute Gasteiger partial charge is 0.362 e. The third-order valence-electron chi connectivity index (χ3n) is 3.47. The first-order valence-corrected chi connectivity index (χ1v) is 9.51. The van der Waals surface area contributed by atoms with Crippen LogP contribution in [0.2, 0.25) is 0 Å². The predicted molar refractivity (Wildman–Crippen MR) is 97.7 cm³/mol. The summed E-state index contributed by atoms with van der Waals surface area (Å²) >= 11 is 10.4. The zero-order chi connectivity index (χ0) is 15.1. The SMILES string of the molecule is Fc1cc(Br)ccc1NC(=S)NCCSC1CCCCC1. The van der Waals surface area contributed by atoms with Gasteiger partial charge in [0.1, 0.15) is 5.82 Å². The van der Waals surface area contributed by atoms with Crippen molar-refractivity contribution in [3.05, 3.63) is 28.5 Å². The van der Waals surface area contributed by atoms with Crippen LogP contribution in [0.25, 0.3) is 0 Å². The summed E-state index contributed by atoms with van der Waals surface area (Å²) in [6, 6.07) is 4.88. The highest BCUT2D eigenvalue weighted by Crippen LogP contribution is 2.27. The van der Waals surface area contributed by atoms with Gasteiger partial charge in [0.25, 0.3) is 0 Å². The van der Waals surface area contributed by atoms with Gasteiger partial charge in [-0.1, -0.05) is 35.2 Å². The van der Waals surface area contributed by atoms with Crippen molar-refractivity contribution in [2.45, 2.75) is 37.4 Å². The number of thiocarbonyl (C=S) groups is 1. The summed E-state index contributed by atoms with van der Waals surface area (Å²) in [7, 11) is 0. The molecule has 0 spiro atoms. The molecule has 1 saturated carbocycles. The van der Waals surface area contributed by atoms with E-state index < -0.39 is 0 Å². The highest BCUT2D eigenvalue weighted by molar-refractivity contribution is 9.10. The summed E-state index contributed by atoms with van der Waals surface area (Å²) < 4.78 is 14.4. The van der Waals surface area contributed by atoms with Crippen LogP contribution in [0.4, 0.5) is 10.1 Å². The van der Waals surface area contributed by atoms with Crippen LogP contribution in [0, 0.1) is 5.82 Å².